The van der Waals surface area contributed by atoms with Crippen LogP contribution >= 0.6 is 0 Å². The fourth-order valence-corrected chi connectivity index (χ4v) is 2.88. The van der Waals surface area contributed by atoms with E-state index in [2.05, 4.69) is 50.5 Å². The zero-order chi connectivity index (χ0) is 15.2. The molecule has 0 spiro atoms. The minimum atomic E-state index is 0.307. The molecule has 0 aliphatic carbocycles. The maximum atomic E-state index is 9.09. The van der Waals surface area contributed by atoms with Crippen molar-refractivity contribution in [3.05, 3.63) is 54.0 Å². The fraction of sp³-hybridized carbons (Fsp3) is 0.353. The van der Waals surface area contributed by atoms with Gasteiger partial charge in [0.1, 0.15) is 6.07 Å². The van der Waals surface area contributed by atoms with Crippen LogP contribution in [-0.2, 0) is 6.54 Å². The van der Waals surface area contributed by atoms with E-state index < -0.39 is 0 Å². The van der Waals surface area contributed by atoms with Crippen molar-refractivity contribution >= 4 is 5.82 Å². The Morgan fingerprint density at radius 3 is 2.86 bits per heavy atom. The molecule has 0 radical (unpaired) electrons. The summed E-state index contributed by atoms with van der Waals surface area (Å²) < 4.78 is 0. The molecule has 22 heavy (non-hydrogen) atoms. The van der Waals surface area contributed by atoms with Gasteiger partial charge in [-0.1, -0.05) is 30.3 Å². The van der Waals surface area contributed by atoms with Crippen LogP contribution in [-0.4, -0.2) is 34.0 Å². The van der Waals surface area contributed by atoms with Gasteiger partial charge in [-0.15, -0.1) is 0 Å². The monoisotopic (exact) mass is 293 g/mol. The number of anilines is 1. The molecule has 1 N–H and O–H groups in total. The third-order valence-corrected chi connectivity index (χ3v) is 3.90. The summed E-state index contributed by atoms with van der Waals surface area (Å²) in [4.78, 5) is 10.7. The van der Waals surface area contributed by atoms with Crippen LogP contribution < -0.4 is 5.32 Å². The average Bonchev–Trinajstić information content (AvgIpc) is 2.57. The fourth-order valence-electron chi connectivity index (χ4n) is 2.88. The summed E-state index contributed by atoms with van der Waals surface area (Å²) in [5.74, 6) is 0.594. The lowest BCUT2D eigenvalue weighted by atomic mass is 10.0. The highest BCUT2D eigenvalue weighted by molar-refractivity contribution is 5.47. The third kappa shape index (κ3) is 3.60. The molecule has 0 saturated carbocycles. The first-order chi connectivity index (χ1) is 10.8. The summed E-state index contributed by atoms with van der Waals surface area (Å²) in [6, 6.07) is 12.9. The summed E-state index contributed by atoms with van der Waals surface area (Å²) >= 11 is 0. The third-order valence-electron chi connectivity index (χ3n) is 3.90. The van der Waals surface area contributed by atoms with E-state index in [-0.39, 0.29) is 0 Å². The van der Waals surface area contributed by atoms with Crippen LogP contribution in [0.5, 0.6) is 0 Å². The Balaban J connectivity index is 1.62. The molecule has 5 heteroatoms. The number of nitrogens with one attached hydrogen (secondary N) is 1. The van der Waals surface area contributed by atoms with E-state index in [9.17, 15) is 0 Å². The van der Waals surface area contributed by atoms with Gasteiger partial charge < -0.3 is 5.32 Å². The van der Waals surface area contributed by atoms with E-state index >= 15 is 0 Å². The number of benzene rings is 1. The zero-order valence-corrected chi connectivity index (χ0v) is 12.4. The van der Waals surface area contributed by atoms with Crippen LogP contribution in [0.3, 0.4) is 0 Å². The Hall–Kier alpha value is -2.45. The maximum absolute atomic E-state index is 9.09. The van der Waals surface area contributed by atoms with Crippen molar-refractivity contribution in [1.29, 1.82) is 5.26 Å². The first-order valence-electron chi connectivity index (χ1n) is 7.59. The van der Waals surface area contributed by atoms with E-state index in [1.807, 2.05) is 6.07 Å². The molecule has 0 bridgehead atoms. The predicted molar refractivity (Wildman–Crippen MR) is 85.1 cm³/mol. The smallest absolute Gasteiger partial charge is 0.182 e. The quantitative estimate of drug-likeness (QED) is 0.938. The van der Waals surface area contributed by atoms with Crippen LogP contribution in [0.15, 0.2) is 42.7 Å². The summed E-state index contributed by atoms with van der Waals surface area (Å²) in [5.41, 5.74) is 1.70. The van der Waals surface area contributed by atoms with E-state index in [4.69, 9.17) is 5.26 Å². The molecule has 1 unspecified atom stereocenters. The molecular formula is C17H19N5. The van der Waals surface area contributed by atoms with Gasteiger partial charge in [0.25, 0.3) is 0 Å². The summed E-state index contributed by atoms with van der Waals surface area (Å²) in [6.45, 7) is 3.03. The Morgan fingerprint density at radius 1 is 1.23 bits per heavy atom. The maximum Gasteiger partial charge on any atom is 0.182 e. The van der Waals surface area contributed by atoms with Gasteiger partial charge in [-0.25, -0.2) is 9.97 Å². The molecule has 1 atom stereocenters. The number of nitriles is 1. The standard InChI is InChI=1S/C17H19N5/c18-11-16-17(20-9-8-19-16)21-15-7-4-10-22(13-15)12-14-5-2-1-3-6-14/h1-3,5-6,8-9,15H,4,7,10,12-13H2,(H,20,21). The number of piperidine rings is 1. The highest BCUT2D eigenvalue weighted by Gasteiger charge is 2.21. The van der Waals surface area contributed by atoms with Crippen molar-refractivity contribution in [1.82, 2.24) is 14.9 Å². The molecule has 5 nitrogen and oxygen atoms in total. The Bertz CT molecular complexity index is 650. The second-order valence-corrected chi connectivity index (χ2v) is 5.57. The van der Waals surface area contributed by atoms with Gasteiger partial charge in [-0.2, -0.15) is 5.26 Å². The van der Waals surface area contributed by atoms with Gasteiger partial charge in [0.05, 0.1) is 0 Å². The van der Waals surface area contributed by atoms with Gasteiger partial charge in [-0.3, -0.25) is 4.90 Å². The molecule has 0 amide bonds. The van der Waals surface area contributed by atoms with Gasteiger partial charge in [0, 0.05) is 31.5 Å². The molecule has 112 valence electrons. The Labute approximate surface area is 130 Å². The lowest BCUT2D eigenvalue weighted by Crippen LogP contribution is -2.41. The van der Waals surface area contributed by atoms with Gasteiger partial charge in [0.2, 0.25) is 0 Å². The van der Waals surface area contributed by atoms with Crippen molar-refractivity contribution in [2.45, 2.75) is 25.4 Å². The van der Waals surface area contributed by atoms with Crippen molar-refractivity contribution < 1.29 is 0 Å². The molecule has 1 saturated heterocycles. The summed E-state index contributed by atoms with van der Waals surface area (Å²) in [6.07, 6.45) is 5.40. The molecule has 1 fully saturated rings. The molecule has 1 aromatic heterocycles. The van der Waals surface area contributed by atoms with Crippen LogP contribution in [0.25, 0.3) is 0 Å². The van der Waals surface area contributed by atoms with Crippen molar-refractivity contribution in [2.75, 3.05) is 18.4 Å². The van der Waals surface area contributed by atoms with Crippen molar-refractivity contribution in [3.8, 4) is 6.07 Å². The molecule has 1 aliphatic heterocycles. The van der Waals surface area contributed by atoms with E-state index in [0.29, 0.717) is 17.6 Å². The van der Waals surface area contributed by atoms with Crippen molar-refractivity contribution in [3.63, 3.8) is 0 Å². The first kappa shape index (κ1) is 14.5. The number of rotatable bonds is 4. The lowest BCUT2D eigenvalue weighted by Gasteiger charge is -2.33. The predicted octanol–water partition coefficient (Wildman–Crippen LogP) is 2.42. The average molecular weight is 293 g/mol. The number of hydrogen-bond acceptors (Lipinski definition) is 5. The number of hydrogen-bond donors (Lipinski definition) is 1. The van der Waals surface area contributed by atoms with Gasteiger partial charge in [-0.05, 0) is 24.9 Å². The van der Waals surface area contributed by atoms with E-state index in [0.717, 1.165) is 32.5 Å². The van der Waals surface area contributed by atoms with Gasteiger partial charge in [0.15, 0.2) is 11.5 Å². The Morgan fingerprint density at radius 2 is 2.05 bits per heavy atom. The van der Waals surface area contributed by atoms with Gasteiger partial charge >= 0.3 is 0 Å². The number of nitrogens with zero attached hydrogens (tertiary/aromatic N) is 4. The summed E-state index contributed by atoms with van der Waals surface area (Å²) in [7, 11) is 0. The minimum Gasteiger partial charge on any atom is -0.364 e. The zero-order valence-electron chi connectivity index (χ0n) is 12.4. The number of aromatic nitrogens is 2. The largest absolute Gasteiger partial charge is 0.364 e. The SMILES string of the molecule is N#Cc1nccnc1NC1CCCN(Cc2ccccc2)C1. The highest BCUT2D eigenvalue weighted by Crippen LogP contribution is 2.18. The molecule has 3 rings (SSSR count). The topological polar surface area (TPSA) is 64.8 Å². The molecule has 1 aromatic carbocycles. The van der Waals surface area contributed by atoms with E-state index in [1.165, 1.54) is 5.56 Å². The normalized spacial score (nSPS) is 18.6. The van der Waals surface area contributed by atoms with Crippen LogP contribution in [0.1, 0.15) is 24.1 Å². The van der Waals surface area contributed by atoms with E-state index in [1.54, 1.807) is 12.4 Å². The molecule has 1 aliphatic rings. The summed E-state index contributed by atoms with van der Waals surface area (Å²) in [5, 5.41) is 12.5. The first-order valence-corrected chi connectivity index (χ1v) is 7.59. The second-order valence-electron chi connectivity index (χ2n) is 5.57. The van der Waals surface area contributed by atoms with Crippen LogP contribution in [0, 0.1) is 11.3 Å². The van der Waals surface area contributed by atoms with Crippen molar-refractivity contribution in [2.24, 2.45) is 0 Å². The lowest BCUT2D eigenvalue weighted by molar-refractivity contribution is 0.208. The molecule has 2 heterocycles. The Kier molecular flexibility index (Phi) is 4.62. The molecular weight excluding hydrogens is 274 g/mol. The van der Waals surface area contributed by atoms with Crippen LogP contribution in [0.4, 0.5) is 5.82 Å². The number of likely N-dealkylation sites (tertiary alicyclic amines) is 1. The van der Waals surface area contributed by atoms with Crippen LogP contribution in [0.2, 0.25) is 0 Å². The highest BCUT2D eigenvalue weighted by atomic mass is 15.2. The minimum absolute atomic E-state index is 0.307. The second kappa shape index (κ2) is 7.01. The molecule has 2 aromatic rings.